The van der Waals surface area contributed by atoms with Gasteiger partial charge in [0.15, 0.2) is 0 Å². The van der Waals surface area contributed by atoms with E-state index >= 15 is 0 Å². The maximum atomic E-state index is 12.7. The van der Waals surface area contributed by atoms with E-state index in [1.165, 1.54) is 0 Å². The molecule has 1 saturated carbocycles. The minimum Gasteiger partial charge on any atom is -0.465 e. The first-order valence-corrected chi connectivity index (χ1v) is 7.74. The van der Waals surface area contributed by atoms with Crippen LogP contribution in [0, 0.1) is 11.8 Å². The van der Waals surface area contributed by atoms with Gasteiger partial charge in [0.1, 0.15) is 5.54 Å². The van der Waals surface area contributed by atoms with E-state index < -0.39 is 0 Å². The molecule has 1 N–H and O–H groups in total. The topological polar surface area (TPSA) is 41.6 Å². The normalized spacial score (nSPS) is 37.0. The van der Waals surface area contributed by atoms with Crippen LogP contribution in [0.5, 0.6) is 0 Å². The van der Waals surface area contributed by atoms with Gasteiger partial charge in [0.2, 0.25) is 0 Å². The lowest BCUT2D eigenvalue weighted by molar-refractivity contribution is -0.167. The Labute approximate surface area is 116 Å². The Kier molecular flexibility index (Phi) is 4.85. The van der Waals surface area contributed by atoms with Crippen LogP contribution in [0.25, 0.3) is 0 Å². The maximum absolute atomic E-state index is 12.7. The van der Waals surface area contributed by atoms with Crippen LogP contribution in [-0.2, 0) is 9.53 Å². The lowest BCUT2D eigenvalue weighted by atomic mass is 9.68. The van der Waals surface area contributed by atoms with Gasteiger partial charge < -0.3 is 10.1 Å². The van der Waals surface area contributed by atoms with Crippen LogP contribution in [0.3, 0.4) is 0 Å². The van der Waals surface area contributed by atoms with Gasteiger partial charge in [-0.15, -0.1) is 0 Å². The SMILES string of the molecule is CCOC(=O)C1(N2CCNCC2)CCC(C)CC1C. The highest BCUT2D eigenvalue weighted by atomic mass is 16.5. The summed E-state index contributed by atoms with van der Waals surface area (Å²) in [5, 5.41) is 3.37. The molecule has 3 unspecified atom stereocenters. The minimum atomic E-state index is -0.370. The molecule has 1 saturated heterocycles. The monoisotopic (exact) mass is 268 g/mol. The van der Waals surface area contributed by atoms with Crippen molar-refractivity contribution in [2.45, 2.75) is 45.6 Å². The molecular weight excluding hydrogens is 240 g/mol. The molecule has 3 atom stereocenters. The Bertz CT molecular complexity index is 315. The van der Waals surface area contributed by atoms with E-state index in [1.54, 1.807) is 0 Å². The van der Waals surface area contributed by atoms with Crippen molar-refractivity contribution < 1.29 is 9.53 Å². The van der Waals surface area contributed by atoms with E-state index in [2.05, 4.69) is 24.1 Å². The summed E-state index contributed by atoms with van der Waals surface area (Å²) in [6.07, 6.45) is 3.21. The number of hydrogen-bond acceptors (Lipinski definition) is 4. The van der Waals surface area contributed by atoms with E-state index in [9.17, 15) is 4.79 Å². The lowest BCUT2D eigenvalue weighted by Crippen LogP contribution is -2.65. The molecule has 0 aromatic rings. The molecule has 0 aromatic heterocycles. The number of nitrogens with one attached hydrogen (secondary N) is 1. The second-order valence-electron chi connectivity index (χ2n) is 6.16. The van der Waals surface area contributed by atoms with Crippen LogP contribution >= 0.6 is 0 Å². The molecule has 0 aromatic carbocycles. The Balaban J connectivity index is 2.23. The van der Waals surface area contributed by atoms with Gasteiger partial charge in [-0.1, -0.05) is 13.8 Å². The second kappa shape index (κ2) is 6.23. The van der Waals surface area contributed by atoms with Gasteiger partial charge in [0.25, 0.3) is 0 Å². The number of carbonyl (C=O) groups excluding carboxylic acids is 1. The standard InChI is InChI=1S/C15H28N2O2/c1-4-19-14(18)15(17-9-7-16-8-10-17)6-5-12(2)11-13(15)3/h12-13,16H,4-11H2,1-3H3. The summed E-state index contributed by atoms with van der Waals surface area (Å²) < 4.78 is 5.44. The van der Waals surface area contributed by atoms with Gasteiger partial charge in [0.05, 0.1) is 6.61 Å². The smallest absolute Gasteiger partial charge is 0.326 e. The molecular formula is C15H28N2O2. The predicted octanol–water partition coefficient (Wildman–Crippen LogP) is 1.65. The van der Waals surface area contributed by atoms with Gasteiger partial charge in [-0.05, 0) is 38.0 Å². The maximum Gasteiger partial charge on any atom is 0.326 e. The van der Waals surface area contributed by atoms with Crippen LogP contribution < -0.4 is 5.32 Å². The number of piperazine rings is 1. The molecule has 2 rings (SSSR count). The summed E-state index contributed by atoms with van der Waals surface area (Å²) in [6, 6.07) is 0. The second-order valence-corrected chi connectivity index (χ2v) is 6.16. The van der Waals surface area contributed by atoms with Crippen LogP contribution in [0.4, 0.5) is 0 Å². The first-order chi connectivity index (χ1) is 9.11. The fourth-order valence-electron chi connectivity index (χ4n) is 3.85. The van der Waals surface area contributed by atoms with Crippen molar-refractivity contribution in [1.82, 2.24) is 10.2 Å². The molecule has 0 bridgehead atoms. The highest BCUT2D eigenvalue weighted by Gasteiger charge is 2.51. The van der Waals surface area contributed by atoms with Gasteiger partial charge in [-0.3, -0.25) is 9.69 Å². The molecule has 0 spiro atoms. The third-order valence-corrected chi connectivity index (χ3v) is 4.90. The molecule has 0 radical (unpaired) electrons. The Morgan fingerprint density at radius 1 is 1.37 bits per heavy atom. The number of carbonyl (C=O) groups is 1. The highest BCUT2D eigenvalue weighted by molar-refractivity contribution is 5.81. The van der Waals surface area contributed by atoms with Gasteiger partial charge in [-0.2, -0.15) is 0 Å². The zero-order valence-corrected chi connectivity index (χ0v) is 12.6. The summed E-state index contributed by atoms with van der Waals surface area (Å²) >= 11 is 0. The molecule has 1 aliphatic carbocycles. The van der Waals surface area contributed by atoms with E-state index in [0.717, 1.165) is 51.4 Å². The van der Waals surface area contributed by atoms with Crippen LogP contribution in [0.2, 0.25) is 0 Å². The fraction of sp³-hybridized carbons (Fsp3) is 0.933. The minimum absolute atomic E-state index is 0.0105. The molecule has 4 nitrogen and oxygen atoms in total. The molecule has 2 fully saturated rings. The van der Waals surface area contributed by atoms with Crippen LogP contribution in [0.15, 0.2) is 0 Å². The van der Waals surface area contributed by atoms with Crippen molar-refractivity contribution >= 4 is 5.97 Å². The molecule has 2 aliphatic rings. The van der Waals surface area contributed by atoms with Crippen molar-refractivity contribution in [3.8, 4) is 0 Å². The van der Waals surface area contributed by atoms with Crippen molar-refractivity contribution in [2.24, 2.45) is 11.8 Å². The fourth-order valence-corrected chi connectivity index (χ4v) is 3.85. The summed E-state index contributed by atoms with van der Waals surface area (Å²) in [5.41, 5.74) is -0.370. The summed E-state index contributed by atoms with van der Waals surface area (Å²) in [7, 11) is 0. The molecule has 4 heteroatoms. The number of hydrogen-bond donors (Lipinski definition) is 1. The summed E-state index contributed by atoms with van der Waals surface area (Å²) in [6.45, 7) is 10.8. The van der Waals surface area contributed by atoms with E-state index in [0.29, 0.717) is 12.5 Å². The van der Waals surface area contributed by atoms with Crippen molar-refractivity contribution in [3.63, 3.8) is 0 Å². The van der Waals surface area contributed by atoms with Gasteiger partial charge in [0, 0.05) is 26.2 Å². The van der Waals surface area contributed by atoms with E-state index in [-0.39, 0.29) is 11.5 Å². The summed E-state index contributed by atoms with van der Waals surface area (Å²) in [5.74, 6) is 1.12. The third-order valence-electron chi connectivity index (χ3n) is 4.90. The van der Waals surface area contributed by atoms with E-state index in [4.69, 9.17) is 4.74 Å². The van der Waals surface area contributed by atoms with Gasteiger partial charge in [-0.25, -0.2) is 0 Å². The molecule has 110 valence electrons. The first kappa shape index (κ1) is 14.8. The van der Waals surface area contributed by atoms with E-state index in [1.807, 2.05) is 6.92 Å². The quantitative estimate of drug-likeness (QED) is 0.790. The molecule has 1 heterocycles. The zero-order chi connectivity index (χ0) is 13.9. The van der Waals surface area contributed by atoms with Crippen molar-refractivity contribution in [3.05, 3.63) is 0 Å². The average molecular weight is 268 g/mol. The average Bonchev–Trinajstić information content (AvgIpc) is 2.40. The Hall–Kier alpha value is -0.610. The Morgan fingerprint density at radius 2 is 2.05 bits per heavy atom. The van der Waals surface area contributed by atoms with Crippen LogP contribution in [0.1, 0.15) is 40.0 Å². The van der Waals surface area contributed by atoms with Crippen LogP contribution in [-0.4, -0.2) is 49.2 Å². The predicted molar refractivity (Wildman–Crippen MR) is 76.0 cm³/mol. The highest BCUT2D eigenvalue weighted by Crippen LogP contribution is 2.42. The number of nitrogens with zero attached hydrogens (tertiary/aromatic N) is 1. The lowest BCUT2D eigenvalue weighted by Gasteiger charge is -2.50. The molecule has 19 heavy (non-hydrogen) atoms. The molecule has 1 aliphatic heterocycles. The largest absolute Gasteiger partial charge is 0.465 e. The van der Waals surface area contributed by atoms with Gasteiger partial charge >= 0.3 is 5.97 Å². The van der Waals surface area contributed by atoms with Crippen molar-refractivity contribution in [2.75, 3.05) is 32.8 Å². The van der Waals surface area contributed by atoms with Crippen molar-refractivity contribution in [1.29, 1.82) is 0 Å². The number of rotatable bonds is 3. The first-order valence-electron chi connectivity index (χ1n) is 7.74. The number of ether oxygens (including phenoxy) is 1. The zero-order valence-electron chi connectivity index (χ0n) is 12.6. The summed E-state index contributed by atoms with van der Waals surface area (Å²) in [4.78, 5) is 15.0. The Morgan fingerprint density at radius 3 is 2.63 bits per heavy atom. The number of esters is 1. The molecule has 0 amide bonds. The third kappa shape index (κ3) is 2.79.